The van der Waals surface area contributed by atoms with E-state index in [1.54, 1.807) is 18.2 Å². The van der Waals surface area contributed by atoms with E-state index in [4.69, 9.17) is 10.5 Å². The van der Waals surface area contributed by atoms with Gasteiger partial charge in [0.05, 0.1) is 17.6 Å². The van der Waals surface area contributed by atoms with Crippen LogP contribution < -0.4 is 10.5 Å². The zero-order chi connectivity index (χ0) is 15.5. The fourth-order valence-electron chi connectivity index (χ4n) is 2.31. The molecule has 1 aromatic carbocycles. The minimum Gasteiger partial charge on any atom is -0.374 e. The fraction of sp³-hybridized carbons (Fsp3) is 0.571. The second-order valence-corrected chi connectivity index (χ2v) is 7.17. The fourth-order valence-corrected chi connectivity index (χ4v) is 3.43. The van der Waals surface area contributed by atoms with Gasteiger partial charge in [0.2, 0.25) is 10.0 Å². The third-order valence-corrected chi connectivity index (χ3v) is 5.11. The number of aryl methyl sites for hydroxylation is 1. The molecule has 3 N–H and O–H groups in total. The minimum absolute atomic E-state index is 0.113. The molecule has 1 atom stereocenters. The highest BCUT2D eigenvalue weighted by Gasteiger charge is 2.21. The highest BCUT2D eigenvalue weighted by Crippen LogP contribution is 2.15. The Morgan fingerprint density at radius 1 is 1.48 bits per heavy atom. The number of ether oxygens (including phenoxy) is 1. The van der Waals surface area contributed by atoms with E-state index in [-0.39, 0.29) is 17.5 Å². The van der Waals surface area contributed by atoms with E-state index in [2.05, 4.69) is 9.62 Å². The summed E-state index contributed by atoms with van der Waals surface area (Å²) >= 11 is 0. The topological polar surface area (TPSA) is 84.7 Å². The molecule has 1 saturated heterocycles. The Morgan fingerprint density at radius 3 is 2.90 bits per heavy atom. The average molecular weight is 313 g/mol. The maximum absolute atomic E-state index is 12.3. The standard InChI is InChI=1S/C14H23N3O3S/c1-11-3-4-14(7-12(11)8-15)21(18,19)16-9-13-10-17(2)5-6-20-13/h3-4,7,13,16H,5-6,8-10,15H2,1-2H3. The van der Waals surface area contributed by atoms with Gasteiger partial charge in [-0.1, -0.05) is 6.07 Å². The minimum atomic E-state index is -3.53. The Bertz CT molecular complexity index is 589. The summed E-state index contributed by atoms with van der Waals surface area (Å²) in [5.41, 5.74) is 7.46. The van der Waals surface area contributed by atoms with Crippen LogP contribution in [-0.2, 0) is 21.3 Å². The van der Waals surface area contributed by atoms with Crippen LogP contribution >= 0.6 is 0 Å². The van der Waals surface area contributed by atoms with Gasteiger partial charge < -0.3 is 15.4 Å². The van der Waals surface area contributed by atoms with Gasteiger partial charge in [-0.05, 0) is 37.2 Å². The van der Waals surface area contributed by atoms with Crippen LogP contribution in [0.3, 0.4) is 0 Å². The smallest absolute Gasteiger partial charge is 0.240 e. The van der Waals surface area contributed by atoms with Gasteiger partial charge in [0, 0.05) is 26.2 Å². The van der Waals surface area contributed by atoms with Crippen molar-refractivity contribution < 1.29 is 13.2 Å². The van der Waals surface area contributed by atoms with Crippen molar-refractivity contribution in [3.05, 3.63) is 29.3 Å². The van der Waals surface area contributed by atoms with Crippen LogP contribution in [0.1, 0.15) is 11.1 Å². The maximum Gasteiger partial charge on any atom is 0.240 e. The molecule has 0 spiro atoms. The molecule has 2 rings (SSSR count). The number of nitrogens with two attached hydrogens (primary N) is 1. The number of hydrogen-bond donors (Lipinski definition) is 2. The van der Waals surface area contributed by atoms with Crippen molar-refractivity contribution in [2.45, 2.75) is 24.5 Å². The van der Waals surface area contributed by atoms with Gasteiger partial charge in [0.15, 0.2) is 0 Å². The maximum atomic E-state index is 12.3. The molecular weight excluding hydrogens is 290 g/mol. The van der Waals surface area contributed by atoms with Crippen molar-refractivity contribution in [1.29, 1.82) is 0 Å². The number of nitrogens with one attached hydrogen (secondary N) is 1. The van der Waals surface area contributed by atoms with Gasteiger partial charge >= 0.3 is 0 Å². The van der Waals surface area contributed by atoms with Crippen LogP contribution in [0.4, 0.5) is 0 Å². The molecule has 1 heterocycles. The van der Waals surface area contributed by atoms with Crippen molar-refractivity contribution in [3.63, 3.8) is 0 Å². The Hall–Kier alpha value is -0.990. The molecule has 0 bridgehead atoms. The summed E-state index contributed by atoms with van der Waals surface area (Å²) in [4.78, 5) is 2.37. The summed E-state index contributed by atoms with van der Waals surface area (Å²) in [5, 5.41) is 0. The number of likely N-dealkylation sites (N-methyl/N-ethyl adjacent to an activating group) is 1. The van der Waals surface area contributed by atoms with Crippen molar-refractivity contribution in [2.24, 2.45) is 5.73 Å². The zero-order valence-corrected chi connectivity index (χ0v) is 13.3. The molecule has 0 aliphatic carbocycles. The van der Waals surface area contributed by atoms with Gasteiger partial charge in [-0.15, -0.1) is 0 Å². The molecule has 1 unspecified atom stereocenters. The van der Waals surface area contributed by atoms with Crippen LogP contribution in [0, 0.1) is 6.92 Å². The van der Waals surface area contributed by atoms with Gasteiger partial charge in [-0.25, -0.2) is 13.1 Å². The van der Waals surface area contributed by atoms with E-state index in [9.17, 15) is 8.42 Å². The predicted octanol–water partition coefficient (Wildman–Crippen LogP) is 0.0626. The van der Waals surface area contributed by atoms with E-state index in [1.165, 1.54) is 0 Å². The molecule has 21 heavy (non-hydrogen) atoms. The molecule has 1 aliphatic heterocycles. The first-order valence-electron chi connectivity index (χ1n) is 7.02. The van der Waals surface area contributed by atoms with Gasteiger partial charge in [-0.2, -0.15) is 0 Å². The molecule has 0 radical (unpaired) electrons. The number of sulfonamides is 1. The Morgan fingerprint density at radius 2 is 2.24 bits per heavy atom. The van der Waals surface area contributed by atoms with E-state index < -0.39 is 10.0 Å². The largest absolute Gasteiger partial charge is 0.374 e. The second kappa shape index (κ2) is 6.85. The molecular formula is C14H23N3O3S. The molecule has 0 amide bonds. The zero-order valence-electron chi connectivity index (χ0n) is 12.5. The van der Waals surface area contributed by atoms with E-state index in [0.29, 0.717) is 13.2 Å². The van der Waals surface area contributed by atoms with Crippen molar-refractivity contribution in [3.8, 4) is 0 Å². The molecule has 0 aromatic heterocycles. The number of morpholine rings is 1. The lowest BCUT2D eigenvalue weighted by Crippen LogP contribution is -2.45. The summed E-state index contributed by atoms with van der Waals surface area (Å²) in [5.74, 6) is 0. The van der Waals surface area contributed by atoms with Crippen molar-refractivity contribution >= 4 is 10.0 Å². The Labute approximate surface area is 126 Å². The second-order valence-electron chi connectivity index (χ2n) is 5.40. The Balaban J connectivity index is 2.04. The summed E-state index contributed by atoms with van der Waals surface area (Å²) in [6, 6.07) is 5.01. The van der Waals surface area contributed by atoms with E-state index >= 15 is 0 Å². The third kappa shape index (κ3) is 4.24. The summed E-state index contributed by atoms with van der Waals surface area (Å²) in [7, 11) is -1.53. The molecule has 1 aliphatic rings. The monoisotopic (exact) mass is 313 g/mol. The third-order valence-electron chi connectivity index (χ3n) is 3.69. The summed E-state index contributed by atoms with van der Waals surface area (Å²) < 4.78 is 32.8. The SMILES string of the molecule is Cc1ccc(S(=O)(=O)NCC2CN(C)CCO2)cc1CN. The van der Waals surface area contributed by atoms with E-state index in [1.807, 2.05) is 14.0 Å². The highest BCUT2D eigenvalue weighted by molar-refractivity contribution is 7.89. The highest BCUT2D eigenvalue weighted by atomic mass is 32.2. The first-order valence-corrected chi connectivity index (χ1v) is 8.50. The lowest BCUT2D eigenvalue weighted by molar-refractivity contribution is -0.0156. The molecule has 7 heteroatoms. The van der Waals surface area contributed by atoms with Crippen LogP contribution in [0.25, 0.3) is 0 Å². The number of benzene rings is 1. The van der Waals surface area contributed by atoms with Gasteiger partial charge in [0.25, 0.3) is 0 Å². The normalized spacial score (nSPS) is 20.6. The molecule has 1 aromatic rings. The van der Waals surface area contributed by atoms with Crippen LogP contribution in [0.2, 0.25) is 0 Å². The first-order chi connectivity index (χ1) is 9.92. The average Bonchev–Trinajstić information content (AvgIpc) is 2.46. The van der Waals surface area contributed by atoms with Gasteiger partial charge in [0.1, 0.15) is 0 Å². The molecule has 6 nitrogen and oxygen atoms in total. The number of nitrogens with zero attached hydrogens (tertiary/aromatic N) is 1. The lowest BCUT2D eigenvalue weighted by Gasteiger charge is -2.30. The number of hydrogen-bond acceptors (Lipinski definition) is 5. The van der Waals surface area contributed by atoms with Gasteiger partial charge in [-0.3, -0.25) is 0 Å². The van der Waals surface area contributed by atoms with Crippen LogP contribution in [0.5, 0.6) is 0 Å². The summed E-state index contributed by atoms with van der Waals surface area (Å²) in [6.45, 7) is 4.75. The molecule has 118 valence electrons. The van der Waals surface area contributed by atoms with Crippen LogP contribution in [0.15, 0.2) is 23.1 Å². The predicted molar refractivity (Wildman–Crippen MR) is 81.5 cm³/mol. The lowest BCUT2D eigenvalue weighted by atomic mass is 10.1. The quantitative estimate of drug-likeness (QED) is 0.803. The van der Waals surface area contributed by atoms with Crippen molar-refractivity contribution in [2.75, 3.05) is 33.3 Å². The van der Waals surface area contributed by atoms with Crippen molar-refractivity contribution in [1.82, 2.24) is 9.62 Å². The number of rotatable bonds is 5. The van der Waals surface area contributed by atoms with E-state index in [0.717, 1.165) is 24.2 Å². The molecule has 0 saturated carbocycles. The van der Waals surface area contributed by atoms with Crippen LogP contribution in [-0.4, -0.2) is 52.7 Å². The Kier molecular flexibility index (Phi) is 5.34. The first kappa shape index (κ1) is 16.4. The molecule has 1 fully saturated rings. The summed E-state index contributed by atoms with van der Waals surface area (Å²) in [6.07, 6.45) is -0.113.